The predicted molar refractivity (Wildman–Crippen MR) is 65.4 cm³/mol. The first-order valence-corrected chi connectivity index (χ1v) is 5.96. The van der Waals surface area contributed by atoms with E-state index in [-0.39, 0.29) is 0 Å². The molecule has 1 aromatic rings. The maximum atomic E-state index is 5.67. The summed E-state index contributed by atoms with van der Waals surface area (Å²) in [6.45, 7) is 0. The number of rotatable bonds is 4. The first kappa shape index (κ1) is 11.4. The monoisotopic (exact) mass is 220 g/mol. The van der Waals surface area contributed by atoms with Crippen LogP contribution < -0.4 is 17.0 Å². The van der Waals surface area contributed by atoms with Crippen molar-refractivity contribution in [3.63, 3.8) is 0 Å². The molecule has 16 heavy (non-hydrogen) atoms. The molecule has 88 valence electrons. The van der Waals surface area contributed by atoms with E-state index in [1.807, 2.05) is 12.1 Å². The van der Waals surface area contributed by atoms with Crippen molar-refractivity contribution in [2.24, 2.45) is 11.8 Å². The summed E-state index contributed by atoms with van der Waals surface area (Å²) >= 11 is 0. The minimum absolute atomic E-state index is 0.365. The maximum absolute atomic E-state index is 5.67. The summed E-state index contributed by atoms with van der Waals surface area (Å²) in [5, 5.41) is 0. The molecule has 1 aliphatic carbocycles. The van der Waals surface area contributed by atoms with E-state index in [0.717, 1.165) is 6.42 Å². The number of nitrogens with one attached hydrogen (secondary N) is 1. The SMILES string of the molecule is NNC(Cc1ccnc(N)c1)C1CCCC1. The number of nitrogens with two attached hydrogens (primary N) is 2. The minimum Gasteiger partial charge on any atom is -0.384 e. The Morgan fingerprint density at radius 3 is 2.81 bits per heavy atom. The predicted octanol–water partition coefficient (Wildman–Crippen LogP) is 1.23. The van der Waals surface area contributed by atoms with Gasteiger partial charge in [-0.15, -0.1) is 0 Å². The smallest absolute Gasteiger partial charge is 0.123 e. The maximum Gasteiger partial charge on any atom is 0.123 e. The molecule has 1 aliphatic rings. The van der Waals surface area contributed by atoms with E-state index in [2.05, 4.69) is 10.4 Å². The van der Waals surface area contributed by atoms with Crippen molar-refractivity contribution >= 4 is 5.82 Å². The van der Waals surface area contributed by atoms with E-state index in [9.17, 15) is 0 Å². The Kier molecular flexibility index (Phi) is 3.74. The Labute approximate surface area is 96.4 Å². The van der Waals surface area contributed by atoms with Crippen LogP contribution in [0.5, 0.6) is 0 Å². The lowest BCUT2D eigenvalue weighted by Crippen LogP contribution is -2.41. The first-order chi connectivity index (χ1) is 7.79. The average Bonchev–Trinajstić information content (AvgIpc) is 2.79. The molecule has 1 saturated carbocycles. The highest BCUT2D eigenvalue weighted by atomic mass is 15.2. The molecule has 0 amide bonds. The highest BCUT2D eigenvalue weighted by Crippen LogP contribution is 2.28. The second kappa shape index (κ2) is 5.27. The van der Waals surface area contributed by atoms with Gasteiger partial charge in [0.25, 0.3) is 0 Å². The molecule has 1 aromatic heterocycles. The zero-order chi connectivity index (χ0) is 11.4. The molecule has 1 heterocycles. The minimum atomic E-state index is 0.365. The zero-order valence-corrected chi connectivity index (χ0v) is 9.52. The van der Waals surface area contributed by atoms with E-state index in [0.29, 0.717) is 17.8 Å². The van der Waals surface area contributed by atoms with Gasteiger partial charge in [0.2, 0.25) is 0 Å². The van der Waals surface area contributed by atoms with Gasteiger partial charge in [-0.05, 0) is 42.9 Å². The van der Waals surface area contributed by atoms with Crippen LogP contribution in [-0.4, -0.2) is 11.0 Å². The standard InChI is InChI=1S/C12H20N4/c13-12-8-9(5-6-15-12)7-11(16-14)10-3-1-2-4-10/h5-6,8,10-11,16H,1-4,7,14H2,(H2,13,15). The van der Waals surface area contributed by atoms with Crippen molar-refractivity contribution in [2.75, 3.05) is 5.73 Å². The average molecular weight is 220 g/mol. The van der Waals surface area contributed by atoms with E-state index in [1.165, 1.54) is 31.2 Å². The summed E-state index contributed by atoms with van der Waals surface area (Å²) in [6, 6.07) is 4.30. The third-order valence-corrected chi connectivity index (χ3v) is 3.48. The van der Waals surface area contributed by atoms with Crippen molar-refractivity contribution < 1.29 is 0 Å². The van der Waals surface area contributed by atoms with Gasteiger partial charge >= 0.3 is 0 Å². The summed E-state index contributed by atoms with van der Waals surface area (Å²) < 4.78 is 0. The molecule has 5 N–H and O–H groups in total. The molecule has 0 spiro atoms. The van der Waals surface area contributed by atoms with E-state index >= 15 is 0 Å². The Balaban J connectivity index is 2.00. The fraction of sp³-hybridized carbons (Fsp3) is 0.583. The second-order valence-electron chi connectivity index (χ2n) is 4.61. The summed E-state index contributed by atoms with van der Waals surface area (Å²) in [6.07, 6.45) is 7.94. The molecule has 0 radical (unpaired) electrons. The normalized spacial score (nSPS) is 18.8. The van der Waals surface area contributed by atoms with Crippen LogP contribution >= 0.6 is 0 Å². The second-order valence-corrected chi connectivity index (χ2v) is 4.61. The molecule has 0 aromatic carbocycles. The third-order valence-electron chi connectivity index (χ3n) is 3.48. The Hall–Kier alpha value is -1.13. The highest BCUT2D eigenvalue weighted by Gasteiger charge is 2.24. The van der Waals surface area contributed by atoms with Gasteiger partial charge in [-0.3, -0.25) is 11.3 Å². The molecular formula is C12H20N4. The number of hydrogen-bond donors (Lipinski definition) is 3. The van der Waals surface area contributed by atoms with Gasteiger partial charge in [0.1, 0.15) is 5.82 Å². The molecule has 4 heteroatoms. The van der Waals surface area contributed by atoms with Gasteiger partial charge in [-0.2, -0.15) is 0 Å². The van der Waals surface area contributed by atoms with E-state index in [4.69, 9.17) is 11.6 Å². The quantitative estimate of drug-likeness (QED) is 0.527. The van der Waals surface area contributed by atoms with E-state index < -0.39 is 0 Å². The molecule has 0 bridgehead atoms. The van der Waals surface area contributed by atoms with Crippen molar-refractivity contribution in [1.29, 1.82) is 0 Å². The van der Waals surface area contributed by atoms with Crippen LogP contribution in [0.4, 0.5) is 5.82 Å². The van der Waals surface area contributed by atoms with Crippen molar-refractivity contribution in [1.82, 2.24) is 10.4 Å². The fourth-order valence-corrected chi connectivity index (χ4v) is 2.60. The Morgan fingerprint density at radius 1 is 1.44 bits per heavy atom. The van der Waals surface area contributed by atoms with Crippen molar-refractivity contribution in [3.8, 4) is 0 Å². The third kappa shape index (κ3) is 2.71. The summed E-state index contributed by atoms with van der Waals surface area (Å²) in [7, 11) is 0. The molecule has 0 aliphatic heterocycles. The van der Waals surface area contributed by atoms with Crippen LogP contribution in [0.1, 0.15) is 31.2 Å². The van der Waals surface area contributed by atoms with Gasteiger partial charge in [0.15, 0.2) is 0 Å². The van der Waals surface area contributed by atoms with Crippen LogP contribution in [0.15, 0.2) is 18.3 Å². The molecule has 4 nitrogen and oxygen atoms in total. The van der Waals surface area contributed by atoms with Crippen LogP contribution in [0.2, 0.25) is 0 Å². The number of nitrogens with zero attached hydrogens (tertiary/aromatic N) is 1. The van der Waals surface area contributed by atoms with Crippen LogP contribution in [0, 0.1) is 5.92 Å². The lowest BCUT2D eigenvalue weighted by molar-refractivity contribution is 0.361. The largest absolute Gasteiger partial charge is 0.384 e. The van der Waals surface area contributed by atoms with Gasteiger partial charge < -0.3 is 5.73 Å². The van der Waals surface area contributed by atoms with Gasteiger partial charge in [0, 0.05) is 12.2 Å². The molecule has 2 rings (SSSR count). The summed E-state index contributed by atoms with van der Waals surface area (Å²) in [5.41, 5.74) is 9.83. The van der Waals surface area contributed by atoms with Gasteiger partial charge in [-0.25, -0.2) is 4.98 Å². The topological polar surface area (TPSA) is 77.0 Å². The highest BCUT2D eigenvalue weighted by molar-refractivity contribution is 5.32. The summed E-state index contributed by atoms with van der Waals surface area (Å²) in [5.74, 6) is 6.93. The zero-order valence-electron chi connectivity index (χ0n) is 9.52. The lowest BCUT2D eigenvalue weighted by atomic mass is 9.93. The van der Waals surface area contributed by atoms with Crippen LogP contribution in [0.25, 0.3) is 0 Å². The number of pyridine rings is 1. The number of nitrogen functional groups attached to an aromatic ring is 1. The van der Waals surface area contributed by atoms with Crippen LogP contribution in [0.3, 0.4) is 0 Å². The van der Waals surface area contributed by atoms with Gasteiger partial charge in [0.05, 0.1) is 0 Å². The Bertz CT molecular complexity index is 334. The van der Waals surface area contributed by atoms with Crippen molar-refractivity contribution in [2.45, 2.75) is 38.1 Å². The Morgan fingerprint density at radius 2 is 2.19 bits per heavy atom. The molecular weight excluding hydrogens is 200 g/mol. The van der Waals surface area contributed by atoms with Crippen LogP contribution in [-0.2, 0) is 6.42 Å². The first-order valence-electron chi connectivity index (χ1n) is 5.96. The van der Waals surface area contributed by atoms with E-state index in [1.54, 1.807) is 6.20 Å². The fourth-order valence-electron chi connectivity index (χ4n) is 2.60. The number of anilines is 1. The molecule has 1 fully saturated rings. The lowest BCUT2D eigenvalue weighted by Gasteiger charge is -2.22. The number of aromatic nitrogens is 1. The number of hydrazine groups is 1. The van der Waals surface area contributed by atoms with Crippen molar-refractivity contribution in [3.05, 3.63) is 23.9 Å². The molecule has 1 atom stereocenters. The summed E-state index contributed by atoms with van der Waals surface area (Å²) in [4.78, 5) is 4.00. The molecule has 1 unspecified atom stereocenters. The number of hydrogen-bond acceptors (Lipinski definition) is 4. The van der Waals surface area contributed by atoms with Gasteiger partial charge in [-0.1, -0.05) is 12.8 Å². The molecule has 0 saturated heterocycles.